The zero-order valence-electron chi connectivity index (χ0n) is 17.2. The smallest absolute Gasteiger partial charge is 0.340 e. The molecule has 2 aromatic carbocycles. The number of hydrogen-bond donors (Lipinski definition) is 1. The molecule has 1 atom stereocenters. The van der Waals surface area contributed by atoms with Gasteiger partial charge in [-0.25, -0.2) is 0 Å². The Morgan fingerprint density at radius 3 is 2.25 bits per heavy atom. The van der Waals surface area contributed by atoms with Crippen molar-refractivity contribution in [3.8, 4) is 0 Å². The summed E-state index contributed by atoms with van der Waals surface area (Å²) in [5.41, 5.74) is -0.243. The van der Waals surface area contributed by atoms with Crippen LogP contribution in [-0.2, 0) is 15.8 Å². The van der Waals surface area contributed by atoms with Gasteiger partial charge in [0.2, 0.25) is 11.8 Å². The van der Waals surface area contributed by atoms with Gasteiger partial charge >= 0.3 is 6.18 Å². The van der Waals surface area contributed by atoms with Gasteiger partial charge in [-0.15, -0.1) is 0 Å². The van der Waals surface area contributed by atoms with Gasteiger partial charge in [-0.05, 0) is 36.6 Å². The summed E-state index contributed by atoms with van der Waals surface area (Å²) in [6.45, 7) is 2.04. The SMILES string of the molecule is O=C(Nc1ccc(Cl)c(C(F)(F)F)c1)C(c1ccccc1)N1CCN(C(=O)C2CC2)CC1. The van der Waals surface area contributed by atoms with Gasteiger partial charge in [0.25, 0.3) is 0 Å². The summed E-state index contributed by atoms with van der Waals surface area (Å²) >= 11 is 5.69. The number of alkyl halides is 3. The number of nitrogens with one attached hydrogen (secondary N) is 1. The second-order valence-corrected chi connectivity index (χ2v) is 8.54. The molecular weight excluding hydrogens is 443 g/mol. The summed E-state index contributed by atoms with van der Waals surface area (Å²) in [6.07, 6.45) is -2.74. The highest BCUT2D eigenvalue weighted by Gasteiger charge is 2.37. The molecule has 1 N–H and O–H groups in total. The number of benzene rings is 2. The first-order chi connectivity index (χ1) is 15.2. The van der Waals surface area contributed by atoms with Crippen LogP contribution < -0.4 is 5.32 Å². The number of nitrogens with zero attached hydrogens (tertiary/aromatic N) is 2. The Kier molecular flexibility index (Phi) is 6.44. The van der Waals surface area contributed by atoms with E-state index in [-0.39, 0.29) is 17.5 Å². The monoisotopic (exact) mass is 465 g/mol. The van der Waals surface area contributed by atoms with Crippen molar-refractivity contribution in [3.63, 3.8) is 0 Å². The predicted molar refractivity (Wildman–Crippen MR) is 115 cm³/mol. The van der Waals surface area contributed by atoms with E-state index in [0.717, 1.165) is 30.5 Å². The molecule has 1 unspecified atom stereocenters. The van der Waals surface area contributed by atoms with Gasteiger partial charge in [-0.1, -0.05) is 41.9 Å². The lowest BCUT2D eigenvalue weighted by molar-refractivity contribution is -0.138. The van der Waals surface area contributed by atoms with Gasteiger partial charge < -0.3 is 10.2 Å². The van der Waals surface area contributed by atoms with E-state index in [4.69, 9.17) is 11.6 Å². The van der Waals surface area contributed by atoms with Crippen LogP contribution in [0.3, 0.4) is 0 Å². The lowest BCUT2D eigenvalue weighted by Gasteiger charge is -2.39. The first kappa shape index (κ1) is 22.6. The molecule has 1 saturated heterocycles. The first-order valence-electron chi connectivity index (χ1n) is 10.5. The Morgan fingerprint density at radius 1 is 1.00 bits per heavy atom. The van der Waals surface area contributed by atoms with Crippen LogP contribution in [-0.4, -0.2) is 47.8 Å². The molecule has 0 bridgehead atoms. The fourth-order valence-corrected chi connectivity index (χ4v) is 4.21. The molecule has 2 amide bonds. The summed E-state index contributed by atoms with van der Waals surface area (Å²) in [6, 6.07) is 11.7. The van der Waals surface area contributed by atoms with Crippen molar-refractivity contribution >= 4 is 29.1 Å². The molecule has 5 nitrogen and oxygen atoms in total. The third-order valence-corrected chi connectivity index (χ3v) is 6.15. The fraction of sp³-hybridized carbons (Fsp3) is 0.391. The van der Waals surface area contributed by atoms with Gasteiger partial charge in [0, 0.05) is 37.8 Å². The molecule has 0 aromatic heterocycles. The third-order valence-electron chi connectivity index (χ3n) is 5.82. The maximum absolute atomic E-state index is 13.2. The van der Waals surface area contributed by atoms with E-state index in [1.54, 1.807) is 0 Å². The van der Waals surface area contributed by atoms with E-state index < -0.39 is 28.7 Å². The Labute approximate surface area is 189 Å². The van der Waals surface area contributed by atoms with Crippen LogP contribution in [0.25, 0.3) is 0 Å². The normalized spacial score (nSPS) is 18.3. The van der Waals surface area contributed by atoms with Crippen molar-refractivity contribution in [2.45, 2.75) is 25.1 Å². The number of hydrogen-bond acceptors (Lipinski definition) is 3. The second kappa shape index (κ2) is 9.11. The molecule has 1 saturated carbocycles. The average Bonchev–Trinajstić information content (AvgIpc) is 3.61. The Morgan fingerprint density at radius 2 is 1.66 bits per heavy atom. The summed E-state index contributed by atoms with van der Waals surface area (Å²) in [5.74, 6) is -0.123. The lowest BCUT2D eigenvalue weighted by Crippen LogP contribution is -2.52. The molecule has 1 heterocycles. The standard InChI is InChI=1S/C23H23ClF3N3O2/c24-19-9-8-17(14-18(19)23(25,26)27)28-21(31)20(15-4-2-1-3-5-15)29-10-12-30(13-11-29)22(32)16-6-7-16/h1-5,8-9,14,16,20H,6-7,10-13H2,(H,28,31). The third kappa shape index (κ3) is 5.07. The maximum Gasteiger partial charge on any atom is 0.417 e. The fourth-order valence-electron chi connectivity index (χ4n) is 3.98. The van der Waals surface area contributed by atoms with Crippen LogP contribution >= 0.6 is 11.6 Å². The van der Waals surface area contributed by atoms with E-state index >= 15 is 0 Å². The highest BCUT2D eigenvalue weighted by atomic mass is 35.5. The molecule has 1 aliphatic heterocycles. The van der Waals surface area contributed by atoms with E-state index in [1.165, 1.54) is 6.07 Å². The van der Waals surface area contributed by atoms with Crippen molar-refractivity contribution in [1.29, 1.82) is 0 Å². The molecule has 4 rings (SSSR count). The molecule has 1 aliphatic carbocycles. The second-order valence-electron chi connectivity index (χ2n) is 8.13. The molecule has 0 radical (unpaired) electrons. The summed E-state index contributed by atoms with van der Waals surface area (Å²) in [7, 11) is 0. The minimum absolute atomic E-state index is 0.0233. The van der Waals surface area contributed by atoms with Gasteiger partial charge in [0.05, 0.1) is 10.6 Å². The van der Waals surface area contributed by atoms with Crippen molar-refractivity contribution in [2.24, 2.45) is 5.92 Å². The minimum Gasteiger partial charge on any atom is -0.340 e. The van der Waals surface area contributed by atoms with Crippen molar-refractivity contribution in [1.82, 2.24) is 9.80 Å². The zero-order valence-corrected chi connectivity index (χ0v) is 18.0. The molecule has 9 heteroatoms. The highest BCUT2D eigenvalue weighted by molar-refractivity contribution is 6.31. The molecule has 2 aromatic rings. The molecule has 0 spiro atoms. The summed E-state index contributed by atoms with van der Waals surface area (Å²) in [4.78, 5) is 29.4. The molecule has 170 valence electrons. The Hall–Kier alpha value is -2.58. The molecular formula is C23H23ClF3N3O2. The molecule has 2 aliphatic rings. The van der Waals surface area contributed by atoms with E-state index in [2.05, 4.69) is 5.32 Å². The lowest BCUT2D eigenvalue weighted by atomic mass is 10.0. The number of carbonyl (C=O) groups is 2. The van der Waals surface area contributed by atoms with Crippen molar-refractivity contribution in [2.75, 3.05) is 31.5 Å². The zero-order chi connectivity index (χ0) is 22.9. The minimum atomic E-state index is -4.62. The van der Waals surface area contributed by atoms with Crippen LogP contribution in [0.5, 0.6) is 0 Å². The Balaban J connectivity index is 1.52. The van der Waals surface area contributed by atoms with E-state index in [1.807, 2.05) is 40.1 Å². The predicted octanol–water partition coefficient (Wildman–Crippen LogP) is 4.59. The van der Waals surface area contributed by atoms with Crippen LogP contribution in [0.4, 0.5) is 18.9 Å². The maximum atomic E-state index is 13.2. The van der Waals surface area contributed by atoms with E-state index in [0.29, 0.717) is 26.2 Å². The number of carbonyl (C=O) groups excluding carboxylic acids is 2. The van der Waals surface area contributed by atoms with Crippen molar-refractivity contribution in [3.05, 3.63) is 64.7 Å². The van der Waals surface area contributed by atoms with Crippen molar-refractivity contribution < 1.29 is 22.8 Å². The van der Waals surface area contributed by atoms with Gasteiger partial charge in [-0.2, -0.15) is 13.2 Å². The largest absolute Gasteiger partial charge is 0.417 e. The van der Waals surface area contributed by atoms with E-state index in [9.17, 15) is 22.8 Å². The first-order valence-corrected chi connectivity index (χ1v) is 10.9. The number of piperazine rings is 1. The molecule has 2 fully saturated rings. The quantitative estimate of drug-likeness (QED) is 0.702. The van der Waals surface area contributed by atoms with Crippen LogP contribution in [0, 0.1) is 5.92 Å². The number of anilines is 1. The molecule has 32 heavy (non-hydrogen) atoms. The number of halogens is 4. The number of rotatable bonds is 5. The van der Waals surface area contributed by atoms with Crippen LogP contribution in [0.15, 0.2) is 48.5 Å². The highest BCUT2D eigenvalue weighted by Crippen LogP contribution is 2.37. The van der Waals surface area contributed by atoms with Gasteiger partial charge in [-0.3, -0.25) is 14.5 Å². The van der Waals surface area contributed by atoms with Gasteiger partial charge in [0.15, 0.2) is 0 Å². The van der Waals surface area contributed by atoms with Crippen LogP contribution in [0.2, 0.25) is 5.02 Å². The van der Waals surface area contributed by atoms with Gasteiger partial charge in [0.1, 0.15) is 6.04 Å². The summed E-state index contributed by atoms with van der Waals surface area (Å²) in [5, 5.41) is 2.20. The topological polar surface area (TPSA) is 52.7 Å². The number of amides is 2. The average molecular weight is 466 g/mol. The Bertz CT molecular complexity index is 988. The summed E-state index contributed by atoms with van der Waals surface area (Å²) < 4.78 is 39.6. The van der Waals surface area contributed by atoms with Crippen LogP contribution in [0.1, 0.15) is 30.0 Å².